The average Bonchev–Trinajstić information content (AvgIpc) is 2.95. The van der Waals surface area contributed by atoms with E-state index in [0.717, 1.165) is 17.4 Å². The SMILES string of the molecule is CC(CNC(=O)OC(C)(C)C)NCc1ccc(C2CC2C)o1. The van der Waals surface area contributed by atoms with E-state index in [-0.39, 0.29) is 12.1 Å². The van der Waals surface area contributed by atoms with Gasteiger partial charge in [-0.3, -0.25) is 0 Å². The Bertz CT molecular complexity index is 504. The van der Waals surface area contributed by atoms with Gasteiger partial charge in [0.25, 0.3) is 0 Å². The van der Waals surface area contributed by atoms with Crippen molar-refractivity contribution in [3.63, 3.8) is 0 Å². The molecule has 0 spiro atoms. The van der Waals surface area contributed by atoms with Crippen molar-refractivity contribution < 1.29 is 13.9 Å². The molecule has 1 aliphatic rings. The van der Waals surface area contributed by atoms with E-state index in [9.17, 15) is 4.79 Å². The first kappa shape index (κ1) is 16.9. The third kappa shape index (κ3) is 5.37. The van der Waals surface area contributed by atoms with Crippen molar-refractivity contribution in [2.45, 2.75) is 65.1 Å². The van der Waals surface area contributed by atoms with Crippen molar-refractivity contribution in [3.05, 3.63) is 23.7 Å². The van der Waals surface area contributed by atoms with E-state index < -0.39 is 5.60 Å². The van der Waals surface area contributed by atoms with Crippen LogP contribution < -0.4 is 10.6 Å². The number of nitrogens with one attached hydrogen (secondary N) is 2. The number of carbonyl (C=O) groups is 1. The summed E-state index contributed by atoms with van der Waals surface area (Å²) in [5.41, 5.74) is -0.467. The molecule has 3 unspecified atom stereocenters. The molecule has 1 saturated carbocycles. The Labute approximate surface area is 132 Å². The summed E-state index contributed by atoms with van der Waals surface area (Å²) < 4.78 is 11.0. The standard InChI is InChI=1S/C17H28N2O3/c1-11-8-14(11)15-7-6-13(21-15)10-18-12(2)9-19-16(20)22-17(3,4)5/h6-7,11-12,14,18H,8-10H2,1-5H3,(H,19,20). The monoisotopic (exact) mass is 308 g/mol. The predicted octanol–water partition coefficient (Wildman–Crippen LogP) is 3.41. The smallest absolute Gasteiger partial charge is 0.407 e. The first-order valence-corrected chi connectivity index (χ1v) is 8.03. The fourth-order valence-electron chi connectivity index (χ4n) is 2.30. The van der Waals surface area contributed by atoms with Gasteiger partial charge in [0.2, 0.25) is 0 Å². The molecule has 2 N–H and O–H groups in total. The lowest BCUT2D eigenvalue weighted by Gasteiger charge is -2.21. The van der Waals surface area contributed by atoms with E-state index in [4.69, 9.17) is 9.15 Å². The van der Waals surface area contributed by atoms with Gasteiger partial charge in [0, 0.05) is 18.5 Å². The largest absolute Gasteiger partial charge is 0.464 e. The van der Waals surface area contributed by atoms with Crippen LogP contribution >= 0.6 is 0 Å². The molecule has 1 heterocycles. The lowest BCUT2D eigenvalue weighted by Crippen LogP contribution is -2.40. The van der Waals surface area contributed by atoms with Crippen LogP contribution in [0.2, 0.25) is 0 Å². The van der Waals surface area contributed by atoms with Gasteiger partial charge in [0.15, 0.2) is 0 Å². The number of rotatable bonds is 6. The zero-order valence-electron chi connectivity index (χ0n) is 14.2. The van der Waals surface area contributed by atoms with E-state index in [1.165, 1.54) is 6.42 Å². The minimum Gasteiger partial charge on any atom is -0.464 e. The third-order valence-electron chi connectivity index (χ3n) is 3.73. The van der Waals surface area contributed by atoms with E-state index in [2.05, 4.69) is 23.6 Å². The maximum Gasteiger partial charge on any atom is 0.407 e. The second kappa shape index (κ2) is 6.73. The van der Waals surface area contributed by atoms with Gasteiger partial charge in [0.1, 0.15) is 17.1 Å². The highest BCUT2D eigenvalue weighted by Crippen LogP contribution is 2.47. The van der Waals surface area contributed by atoms with Crippen LogP contribution in [0.1, 0.15) is 58.5 Å². The van der Waals surface area contributed by atoms with E-state index in [1.807, 2.05) is 33.8 Å². The van der Waals surface area contributed by atoms with Crippen molar-refractivity contribution in [1.29, 1.82) is 0 Å². The Morgan fingerprint density at radius 1 is 1.45 bits per heavy atom. The molecule has 3 atom stereocenters. The Morgan fingerprint density at radius 2 is 2.14 bits per heavy atom. The van der Waals surface area contributed by atoms with Crippen LogP contribution in [0, 0.1) is 5.92 Å². The first-order chi connectivity index (χ1) is 10.2. The molecule has 5 nitrogen and oxygen atoms in total. The number of alkyl carbamates (subject to hydrolysis) is 1. The first-order valence-electron chi connectivity index (χ1n) is 8.03. The van der Waals surface area contributed by atoms with Crippen molar-refractivity contribution in [1.82, 2.24) is 10.6 Å². The second-order valence-electron chi connectivity index (χ2n) is 7.29. The van der Waals surface area contributed by atoms with Crippen molar-refractivity contribution in [2.75, 3.05) is 6.54 Å². The molecule has 0 radical (unpaired) electrons. The summed E-state index contributed by atoms with van der Waals surface area (Å²) in [5.74, 6) is 3.41. The molecule has 0 aliphatic heterocycles. The Hall–Kier alpha value is -1.49. The molecule has 0 saturated heterocycles. The van der Waals surface area contributed by atoms with Crippen LogP contribution in [0.5, 0.6) is 0 Å². The number of amides is 1. The minimum absolute atomic E-state index is 0.140. The third-order valence-corrected chi connectivity index (χ3v) is 3.73. The highest BCUT2D eigenvalue weighted by atomic mass is 16.6. The predicted molar refractivity (Wildman–Crippen MR) is 85.8 cm³/mol. The van der Waals surface area contributed by atoms with Crippen molar-refractivity contribution in [2.24, 2.45) is 5.92 Å². The molecule has 2 rings (SSSR count). The molecule has 5 heteroatoms. The van der Waals surface area contributed by atoms with Gasteiger partial charge in [-0.25, -0.2) is 4.79 Å². The second-order valence-corrected chi connectivity index (χ2v) is 7.29. The number of furan rings is 1. The molecule has 0 aromatic carbocycles. The maximum absolute atomic E-state index is 11.6. The molecule has 22 heavy (non-hydrogen) atoms. The van der Waals surface area contributed by atoms with E-state index >= 15 is 0 Å². The number of carbonyl (C=O) groups excluding carboxylic acids is 1. The van der Waals surface area contributed by atoms with Crippen LogP contribution in [0.25, 0.3) is 0 Å². The molecule has 0 bridgehead atoms. The molecule has 1 aromatic heterocycles. The van der Waals surface area contributed by atoms with Crippen LogP contribution in [0.15, 0.2) is 16.5 Å². The highest BCUT2D eigenvalue weighted by Gasteiger charge is 2.36. The summed E-state index contributed by atoms with van der Waals surface area (Å²) in [4.78, 5) is 11.6. The zero-order chi connectivity index (χ0) is 16.3. The van der Waals surface area contributed by atoms with Crippen LogP contribution in [-0.2, 0) is 11.3 Å². The van der Waals surface area contributed by atoms with Gasteiger partial charge in [-0.05, 0) is 52.2 Å². The van der Waals surface area contributed by atoms with Crippen LogP contribution in [0.3, 0.4) is 0 Å². The minimum atomic E-state index is -0.467. The summed E-state index contributed by atoms with van der Waals surface area (Å²) in [7, 11) is 0. The summed E-state index contributed by atoms with van der Waals surface area (Å²) in [5, 5.41) is 6.10. The quantitative estimate of drug-likeness (QED) is 0.845. The van der Waals surface area contributed by atoms with Crippen molar-refractivity contribution >= 4 is 6.09 Å². The normalized spacial score (nSPS) is 22.2. The van der Waals surface area contributed by atoms with Gasteiger partial charge < -0.3 is 19.8 Å². The Morgan fingerprint density at radius 3 is 2.73 bits per heavy atom. The number of ether oxygens (including phenoxy) is 1. The van der Waals surface area contributed by atoms with Gasteiger partial charge in [-0.15, -0.1) is 0 Å². The lowest BCUT2D eigenvalue weighted by molar-refractivity contribution is 0.0523. The van der Waals surface area contributed by atoms with Crippen LogP contribution in [0.4, 0.5) is 4.79 Å². The van der Waals surface area contributed by atoms with Gasteiger partial charge in [0.05, 0.1) is 6.54 Å². The average molecular weight is 308 g/mol. The Kier molecular flexibility index (Phi) is 5.16. The fraction of sp³-hybridized carbons (Fsp3) is 0.706. The van der Waals surface area contributed by atoms with Gasteiger partial charge >= 0.3 is 6.09 Å². The molecule has 1 amide bonds. The molecule has 1 fully saturated rings. The van der Waals surface area contributed by atoms with E-state index in [1.54, 1.807) is 0 Å². The molecule has 1 aromatic rings. The molecule has 1 aliphatic carbocycles. The summed E-state index contributed by atoms with van der Waals surface area (Å²) in [6, 6.07) is 4.25. The summed E-state index contributed by atoms with van der Waals surface area (Å²) in [6.07, 6.45) is 0.848. The maximum atomic E-state index is 11.6. The number of hydrogen-bond donors (Lipinski definition) is 2. The van der Waals surface area contributed by atoms with Gasteiger partial charge in [-0.1, -0.05) is 6.92 Å². The zero-order valence-corrected chi connectivity index (χ0v) is 14.2. The molecular formula is C17H28N2O3. The molecular weight excluding hydrogens is 280 g/mol. The molecule has 124 valence electrons. The lowest BCUT2D eigenvalue weighted by atomic mass is 10.2. The van der Waals surface area contributed by atoms with Gasteiger partial charge in [-0.2, -0.15) is 0 Å². The van der Waals surface area contributed by atoms with E-state index in [0.29, 0.717) is 19.0 Å². The topological polar surface area (TPSA) is 63.5 Å². The highest BCUT2D eigenvalue weighted by molar-refractivity contribution is 5.67. The van der Waals surface area contributed by atoms with Crippen molar-refractivity contribution in [3.8, 4) is 0 Å². The fourth-order valence-corrected chi connectivity index (χ4v) is 2.30. The summed E-state index contributed by atoms with van der Waals surface area (Å²) in [6.45, 7) is 11.0. The summed E-state index contributed by atoms with van der Waals surface area (Å²) >= 11 is 0. The number of hydrogen-bond acceptors (Lipinski definition) is 4. The van der Waals surface area contributed by atoms with Crippen LogP contribution in [-0.4, -0.2) is 24.3 Å². The Balaban J connectivity index is 1.66.